The monoisotopic (exact) mass is 358 g/mol. The van der Waals surface area contributed by atoms with Crippen LogP contribution in [0.3, 0.4) is 0 Å². The fraction of sp³-hybridized carbons (Fsp3) is 0.125. The SMILES string of the molecule is Cn1c(=O)ccc2ccc(-c3csc(NC(=O)COC(N)=O)n3)cc21. The summed E-state index contributed by atoms with van der Waals surface area (Å²) in [6.45, 7) is -0.470. The zero-order valence-corrected chi connectivity index (χ0v) is 14.0. The van der Waals surface area contributed by atoms with E-state index >= 15 is 0 Å². The number of nitrogens with one attached hydrogen (secondary N) is 1. The highest BCUT2D eigenvalue weighted by Crippen LogP contribution is 2.27. The third kappa shape index (κ3) is 3.66. The van der Waals surface area contributed by atoms with Crippen molar-refractivity contribution in [3.05, 3.63) is 46.1 Å². The Hall–Kier alpha value is -3.20. The van der Waals surface area contributed by atoms with Crippen molar-refractivity contribution in [1.29, 1.82) is 0 Å². The average Bonchev–Trinajstić information content (AvgIpc) is 3.04. The van der Waals surface area contributed by atoms with E-state index in [9.17, 15) is 14.4 Å². The van der Waals surface area contributed by atoms with Crippen LogP contribution in [0.25, 0.3) is 22.2 Å². The molecular formula is C16H14N4O4S. The number of nitrogens with zero attached hydrogens (tertiary/aromatic N) is 2. The minimum absolute atomic E-state index is 0.0923. The number of amides is 2. The van der Waals surface area contributed by atoms with Gasteiger partial charge in [0.25, 0.3) is 11.5 Å². The van der Waals surface area contributed by atoms with E-state index in [2.05, 4.69) is 15.0 Å². The number of hydrogen-bond acceptors (Lipinski definition) is 6. The summed E-state index contributed by atoms with van der Waals surface area (Å²) in [7, 11) is 1.71. The molecule has 0 radical (unpaired) electrons. The van der Waals surface area contributed by atoms with Crippen molar-refractivity contribution in [3.8, 4) is 11.3 Å². The molecule has 0 aliphatic carbocycles. The molecule has 0 bridgehead atoms. The molecule has 3 N–H and O–H groups in total. The molecule has 9 heteroatoms. The summed E-state index contributed by atoms with van der Waals surface area (Å²) in [5, 5.41) is 5.62. The Kier molecular flexibility index (Phi) is 4.48. The first-order valence-corrected chi connectivity index (χ1v) is 8.10. The summed E-state index contributed by atoms with van der Waals surface area (Å²) in [4.78, 5) is 38.2. The normalized spacial score (nSPS) is 10.6. The smallest absolute Gasteiger partial charge is 0.405 e. The van der Waals surface area contributed by atoms with E-state index in [1.54, 1.807) is 23.1 Å². The maximum absolute atomic E-state index is 11.8. The van der Waals surface area contributed by atoms with Crippen LogP contribution in [0, 0.1) is 0 Å². The molecule has 2 aromatic heterocycles. The molecule has 0 unspecified atom stereocenters. The first-order chi connectivity index (χ1) is 11.9. The number of primary amides is 1. The fourth-order valence-electron chi connectivity index (χ4n) is 2.28. The summed E-state index contributed by atoms with van der Waals surface area (Å²) in [5.74, 6) is -0.527. The van der Waals surface area contributed by atoms with Crippen molar-refractivity contribution in [1.82, 2.24) is 9.55 Å². The number of benzene rings is 1. The molecule has 0 saturated heterocycles. The Morgan fingerprint density at radius 1 is 1.32 bits per heavy atom. The first-order valence-electron chi connectivity index (χ1n) is 7.22. The molecular weight excluding hydrogens is 344 g/mol. The van der Waals surface area contributed by atoms with Crippen LogP contribution in [0.1, 0.15) is 0 Å². The summed E-state index contributed by atoms with van der Waals surface area (Å²) in [6.07, 6.45) is -1.02. The predicted molar refractivity (Wildman–Crippen MR) is 94.5 cm³/mol. The van der Waals surface area contributed by atoms with Crippen molar-refractivity contribution in [2.75, 3.05) is 11.9 Å². The predicted octanol–water partition coefficient (Wildman–Crippen LogP) is 1.70. The lowest BCUT2D eigenvalue weighted by Gasteiger charge is -2.06. The van der Waals surface area contributed by atoms with Crippen LogP contribution in [0.4, 0.5) is 9.93 Å². The van der Waals surface area contributed by atoms with Gasteiger partial charge in [-0.1, -0.05) is 12.1 Å². The molecule has 3 aromatic rings. The Bertz CT molecular complexity index is 1020. The third-order valence-corrected chi connectivity index (χ3v) is 4.28. The molecule has 0 aliphatic rings. The highest BCUT2D eigenvalue weighted by Gasteiger charge is 2.10. The van der Waals surface area contributed by atoms with E-state index in [1.807, 2.05) is 18.2 Å². The lowest BCUT2D eigenvalue weighted by molar-refractivity contribution is -0.118. The molecule has 2 heterocycles. The standard InChI is InChI=1S/C16H14N4O4S/c1-20-12-6-10(3-2-9(12)4-5-14(20)22)11-8-25-16(18-11)19-13(21)7-24-15(17)23/h2-6,8H,7H2,1H3,(H2,17,23)(H,18,19,21). The molecule has 0 spiro atoms. The largest absolute Gasteiger partial charge is 0.440 e. The van der Waals surface area contributed by atoms with Gasteiger partial charge in [0.1, 0.15) is 0 Å². The van der Waals surface area contributed by atoms with Gasteiger partial charge in [0.2, 0.25) is 0 Å². The molecule has 128 valence electrons. The van der Waals surface area contributed by atoms with Gasteiger partial charge < -0.3 is 15.0 Å². The maximum Gasteiger partial charge on any atom is 0.405 e. The van der Waals surface area contributed by atoms with Gasteiger partial charge in [-0.3, -0.25) is 14.9 Å². The van der Waals surface area contributed by atoms with Gasteiger partial charge in [0.15, 0.2) is 11.7 Å². The number of rotatable bonds is 4. The number of fused-ring (bicyclic) bond motifs is 1. The van der Waals surface area contributed by atoms with Crippen LogP contribution in [0.2, 0.25) is 0 Å². The topological polar surface area (TPSA) is 116 Å². The lowest BCUT2D eigenvalue weighted by Crippen LogP contribution is -2.23. The van der Waals surface area contributed by atoms with Gasteiger partial charge >= 0.3 is 6.09 Å². The van der Waals surface area contributed by atoms with Crippen LogP contribution < -0.4 is 16.6 Å². The summed E-state index contributed by atoms with van der Waals surface area (Å²) in [6, 6.07) is 8.96. The van der Waals surface area contributed by atoms with Gasteiger partial charge in [-0.2, -0.15) is 0 Å². The minimum atomic E-state index is -1.02. The Morgan fingerprint density at radius 2 is 2.08 bits per heavy atom. The number of ether oxygens (including phenoxy) is 1. The highest BCUT2D eigenvalue weighted by atomic mass is 32.1. The second-order valence-electron chi connectivity index (χ2n) is 5.20. The minimum Gasteiger partial charge on any atom is -0.440 e. The zero-order valence-electron chi connectivity index (χ0n) is 13.2. The van der Waals surface area contributed by atoms with Crippen LogP contribution in [0.5, 0.6) is 0 Å². The quantitative estimate of drug-likeness (QED) is 0.736. The van der Waals surface area contributed by atoms with Crippen molar-refractivity contribution >= 4 is 39.4 Å². The molecule has 0 saturated carbocycles. The molecule has 1 aromatic carbocycles. The highest BCUT2D eigenvalue weighted by molar-refractivity contribution is 7.14. The van der Waals surface area contributed by atoms with Crippen molar-refractivity contribution in [3.63, 3.8) is 0 Å². The van der Waals surface area contributed by atoms with E-state index in [0.29, 0.717) is 10.8 Å². The summed E-state index contributed by atoms with van der Waals surface area (Å²) < 4.78 is 5.98. The Morgan fingerprint density at radius 3 is 2.84 bits per heavy atom. The number of thiazole rings is 1. The summed E-state index contributed by atoms with van der Waals surface area (Å²) in [5.41, 5.74) is 6.98. The molecule has 3 rings (SSSR count). The molecule has 25 heavy (non-hydrogen) atoms. The van der Waals surface area contributed by atoms with Crippen LogP contribution in [-0.2, 0) is 16.6 Å². The number of anilines is 1. The molecule has 8 nitrogen and oxygen atoms in total. The van der Waals surface area contributed by atoms with Crippen molar-refractivity contribution in [2.24, 2.45) is 12.8 Å². The fourth-order valence-corrected chi connectivity index (χ4v) is 3.02. The summed E-state index contributed by atoms with van der Waals surface area (Å²) >= 11 is 1.24. The number of nitrogens with two attached hydrogens (primary N) is 1. The second kappa shape index (κ2) is 6.73. The molecule has 0 aliphatic heterocycles. The molecule has 0 fully saturated rings. The van der Waals surface area contributed by atoms with E-state index in [4.69, 9.17) is 5.73 Å². The zero-order chi connectivity index (χ0) is 18.0. The van der Waals surface area contributed by atoms with E-state index in [0.717, 1.165) is 16.5 Å². The van der Waals surface area contributed by atoms with Gasteiger partial charge in [-0.15, -0.1) is 11.3 Å². The number of hydrogen-bond donors (Lipinski definition) is 2. The van der Waals surface area contributed by atoms with Crippen LogP contribution in [0.15, 0.2) is 40.5 Å². The number of carbonyl (C=O) groups excluding carboxylic acids is 2. The number of aryl methyl sites for hydroxylation is 1. The Labute approximate surface area is 145 Å². The Balaban J connectivity index is 1.83. The van der Waals surface area contributed by atoms with Gasteiger partial charge in [0.05, 0.1) is 11.2 Å². The average molecular weight is 358 g/mol. The maximum atomic E-state index is 11.8. The number of pyridine rings is 1. The van der Waals surface area contributed by atoms with Crippen LogP contribution >= 0.6 is 11.3 Å². The van der Waals surface area contributed by atoms with E-state index in [-0.39, 0.29) is 5.56 Å². The van der Waals surface area contributed by atoms with Gasteiger partial charge in [-0.05, 0) is 17.5 Å². The molecule has 2 amide bonds. The number of carbonyl (C=O) groups is 2. The first kappa shape index (κ1) is 16.7. The van der Waals surface area contributed by atoms with Crippen LogP contribution in [-0.4, -0.2) is 28.2 Å². The van der Waals surface area contributed by atoms with E-state index < -0.39 is 18.6 Å². The van der Waals surface area contributed by atoms with E-state index in [1.165, 1.54) is 17.4 Å². The number of aromatic nitrogens is 2. The molecule has 0 atom stereocenters. The van der Waals surface area contributed by atoms with Crippen molar-refractivity contribution in [2.45, 2.75) is 0 Å². The van der Waals surface area contributed by atoms with Gasteiger partial charge in [0, 0.05) is 24.1 Å². The van der Waals surface area contributed by atoms with Crippen molar-refractivity contribution < 1.29 is 14.3 Å². The lowest BCUT2D eigenvalue weighted by atomic mass is 10.1. The third-order valence-electron chi connectivity index (χ3n) is 3.52. The second-order valence-corrected chi connectivity index (χ2v) is 6.06. The van der Waals surface area contributed by atoms with Gasteiger partial charge in [-0.25, -0.2) is 9.78 Å².